The number of esters is 1. The number of aryl methyl sites for hydroxylation is 3. The molecule has 0 saturated carbocycles. The van der Waals surface area contributed by atoms with Crippen molar-refractivity contribution >= 4 is 16.9 Å². The SMILES string of the molecule is CCOC(=O)C1(CCCn2c(=O)ccc3ccc(C)cc32)CCN(CCCc2ccccc2)CC1. The highest BCUT2D eigenvalue weighted by molar-refractivity contribution is 5.79. The van der Waals surface area contributed by atoms with E-state index in [1.807, 2.05) is 24.5 Å². The predicted octanol–water partition coefficient (Wildman–Crippen LogP) is 5.37. The summed E-state index contributed by atoms with van der Waals surface area (Å²) in [5.74, 6) is -0.0648. The Morgan fingerprint density at radius 1 is 0.971 bits per heavy atom. The van der Waals surface area contributed by atoms with Gasteiger partial charge in [0.15, 0.2) is 0 Å². The fraction of sp³-hybridized carbons (Fsp3) is 0.467. The van der Waals surface area contributed by atoms with Crippen LogP contribution in [-0.4, -0.2) is 41.7 Å². The number of hydrogen-bond acceptors (Lipinski definition) is 4. The van der Waals surface area contributed by atoms with Gasteiger partial charge in [0.2, 0.25) is 0 Å². The summed E-state index contributed by atoms with van der Waals surface area (Å²) in [5.41, 5.74) is 3.05. The van der Waals surface area contributed by atoms with E-state index in [1.54, 1.807) is 6.07 Å². The normalized spacial score (nSPS) is 15.8. The lowest BCUT2D eigenvalue weighted by Crippen LogP contribution is -2.45. The average Bonchev–Trinajstić information content (AvgIpc) is 2.87. The highest BCUT2D eigenvalue weighted by Crippen LogP contribution is 2.38. The quantitative estimate of drug-likeness (QED) is 0.371. The van der Waals surface area contributed by atoms with Crippen molar-refractivity contribution in [2.75, 3.05) is 26.2 Å². The number of pyridine rings is 1. The van der Waals surface area contributed by atoms with Crippen LogP contribution in [0.5, 0.6) is 0 Å². The van der Waals surface area contributed by atoms with Crippen LogP contribution in [0.2, 0.25) is 0 Å². The van der Waals surface area contributed by atoms with E-state index in [1.165, 1.54) is 5.56 Å². The Labute approximate surface area is 208 Å². The summed E-state index contributed by atoms with van der Waals surface area (Å²) in [6.45, 7) is 7.83. The first-order chi connectivity index (χ1) is 17.0. The zero-order valence-electron chi connectivity index (χ0n) is 21.2. The minimum Gasteiger partial charge on any atom is -0.466 e. The molecule has 1 aromatic heterocycles. The minimum absolute atomic E-state index is 0.0153. The first kappa shape index (κ1) is 25.2. The molecule has 0 amide bonds. The first-order valence-electron chi connectivity index (χ1n) is 13.0. The summed E-state index contributed by atoms with van der Waals surface area (Å²) < 4.78 is 7.41. The van der Waals surface area contributed by atoms with Crippen LogP contribution in [0.15, 0.2) is 65.5 Å². The van der Waals surface area contributed by atoms with Gasteiger partial charge in [-0.25, -0.2) is 0 Å². The third-order valence-corrected chi connectivity index (χ3v) is 7.49. The molecule has 5 heteroatoms. The maximum absolute atomic E-state index is 13.1. The van der Waals surface area contributed by atoms with Gasteiger partial charge in [-0.1, -0.05) is 42.5 Å². The lowest BCUT2D eigenvalue weighted by Gasteiger charge is -2.40. The van der Waals surface area contributed by atoms with Gasteiger partial charge in [-0.05, 0) is 101 Å². The molecule has 1 fully saturated rings. The maximum atomic E-state index is 13.1. The van der Waals surface area contributed by atoms with E-state index in [2.05, 4.69) is 53.4 Å². The van der Waals surface area contributed by atoms with Crippen LogP contribution in [0.25, 0.3) is 10.9 Å². The van der Waals surface area contributed by atoms with Crippen LogP contribution >= 0.6 is 0 Å². The average molecular weight is 475 g/mol. The smallest absolute Gasteiger partial charge is 0.312 e. The third kappa shape index (κ3) is 6.21. The van der Waals surface area contributed by atoms with E-state index in [0.717, 1.165) is 74.6 Å². The zero-order chi connectivity index (χ0) is 24.7. The molecule has 0 N–H and O–H groups in total. The fourth-order valence-electron chi connectivity index (χ4n) is 5.40. The van der Waals surface area contributed by atoms with Crippen molar-refractivity contribution in [3.05, 3.63) is 82.1 Å². The van der Waals surface area contributed by atoms with Gasteiger partial charge in [0.1, 0.15) is 0 Å². The van der Waals surface area contributed by atoms with Crippen molar-refractivity contribution in [2.24, 2.45) is 5.41 Å². The Hall–Kier alpha value is -2.92. The van der Waals surface area contributed by atoms with Crippen molar-refractivity contribution in [3.63, 3.8) is 0 Å². The number of carbonyl (C=O) groups is 1. The first-order valence-corrected chi connectivity index (χ1v) is 13.0. The third-order valence-electron chi connectivity index (χ3n) is 7.49. The van der Waals surface area contributed by atoms with Gasteiger partial charge >= 0.3 is 5.97 Å². The number of fused-ring (bicyclic) bond motifs is 1. The zero-order valence-corrected chi connectivity index (χ0v) is 21.2. The molecule has 3 aromatic rings. The summed E-state index contributed by atoms with van der Waals surface area (Å²) in [5, 5.41) is 1.07. The Kier molecular flexibility index (Phi) is 8.40. The van der Waals surface area contributed by atoms with Crippen molar-refractivity contribution in [3.8, 4) is 0 Å². The second kappa shape index (κ2) is 11.7. The molecule has 2 aromatic carbocycles. The van der Waals surface area contributed by atoms with E-state index in [4.69, 9.17) is 4.74 Å². The number of rotatable bonds is 10. The molecule has 0 radical (unpaired) electrons. The van der Waals surface area contributed by atoms with Crippen LogP contribution in [0.4, 0.5) is 0 Å². The number of aromatic nitrogens is 1. The highest BCUT2D eigenvalue weighted by Gasteiger charge is 2.42. The highest BCUT2D eigenvalue weighted by atomic mass is 16.5. The van der Waals surface area contributed by atoms with Crippen LogP contribution in [0.1, 0.15) is 50.2 Å². The molecule has 1 saturated heterocycles. The number of benzene rings is 2. The lowest BCUT2D eigenvalue weighted by atomic mass is 9.74. The Morgan fingerprint density at radius 3 is 2.46 bits per heavy atom. The van der Waals surface area contributed by atoms with Crippen molar-refractivity contribution in [1.82, 2.24) is 9.47 Å². The molecular formula is C30H38N2O3. The van der Waals surface area contributed by atoms with Crippen molar-refractivity contribution in [2.45, 2.75) is 58.9 Å². The van der Waals surface area contributed by atoms with Crippen molar-refractivity contribution < 1.29 is 9.53 Å². The van der Waals surface area contributed by atoms with Gasteiger partial charge in [0.25, 0.3) is 5.56 Å². The van der Waals surface area contributed by atoms with Crippen molar-refractivity contribution in [1.29, 1.82) is 0 Å². The molecule has 186 valence electrons. The minimum atomic E-state index is -0.448. The van der Waals surface area contributed by atoms with E-state index in [9.17, 15) is 9.59 Å². The maximum Gasteiger partial charge on any atom is 0.312 e. The number of hydrogen-bond donors (Lipinski definition) is 0. The molecule has 5 nitrogen and oxygen atoms in total. The molecule has 1 aliphatic heterocycles. The van der Waals surface area contributed by atoms with E-state index in [0.29, 0.717) is 13.2 Å². The number of carbonyl (C=O) groups excluding carboxylic acids is 1. The number of likely N-dealkylation sites (tertiary alicyclic amines) is 1. The monoisotopic (exact) mass is 474 g/mol. The number of ether oxygens (including phenoxy) is 1. The Balaban J connectivity index is 1.37. The Bertz CT molecular complexity index is 1180. The molecule has 0 spiro atoms. The number of nitrogens with zero attached hydrogens (tertiary/aromatic N) is 2. The topological polar surface area (TPSA) is 51.5 Å². The molecular weight excluding hydrogens is 436 g/mol. The van der Waals surface area contributed by atoms with Crippen LogP contribution in [-0.2, 0) is 22.5 Å². The molecule has 0 unspecified atom stereocenters. The fourth-order valence-corrected chi connectivity index (χ4v) is 5.40. The molecule has 4 rings (SSSR count). The second-order valence-corrected chi connectivity index (χ2v) is 9.92. The molecule has 2 heterocycles. The van der Waals surface area contributed by atoms with Gasteiger partial charge in [-0.3, -0.25) is 9.59 Å². The number of piperidine rings is 1. The van der Waals surface area contributed by atoms with Crippen LogP contribution in [0.3, 0.4) is 0 Å². The summed E-state index contributed by atoms with van der Waals surface area (Å²) in [4.78, 5) is 28.2. The van der Waals surface area contributed by atoms with E-state index >= 15 is 0 Å². The van der Waals surface area contributed by atoms with Crippen LogP contribution in [0, 0.1) is 12.3 Å². The summed E-state index contributed by atoms with van der Waals surface area (Å²) in [7, 11) is 0. The van der Waals surface area contributed by atoms with E-state index in [-0.39, 0.29) is 11.5 Å². The molecule has 1 aliphatic rings. The van der Waals surface area contributed by atoms with Gasteiger partial charge in [-0.15, -0.1) is 0 Å². The van der Waals surface area contributed by atoms with Gasteiger partial charge < -0.3 is 14.2 Å². The predicted molar refractivity (Wildman–Crippen MR) is 142 cm³/mol. The summed E-state index contributed by atoms with van der Waals surface area (Å²) >= 11 is 0. The van der Waals surface area contributed by atoms with Gasteiger partial charge in [0.05, 0.1) is 17.5 Å². The second-order valence-electron chi connectivity index (χ2n) is 9.92. The molecule has 0 bridgehead atoms. The molecule has 35 heavy (non-hydrogen) atoms. The van der Waals surface area contributed by atoms with Crippen LogP contribution < -0.4 is 5.56 Å². The summed E-state index contributed by atoms with van der Waals surface area (Å²) in [6, 6.07) is 20.4. The van der Waals surface area contributed by atoms with Gasteiger partial charge in [-0.2, -0.15) is 0 Å². The standard InChI is InChI=1S/C30H38N2O3/c1-3-35-29(34)30(17-21-31(22-18-30)19-7-11-25-9-5-4-6-10-25)16-8-20-32-27-23-24(2)12-13-26(27)14-15-28(32)33/h4-6,9-10,12-15,23H,3,7-8,11,16-22H2,1-2H3. The van der Waals surface area contributed by atoms with Gasteiger partial charge in [0, 0.05) is 12.6 Å². The molecule has 0 atom stereocenters. The summed E-state index contributed by atoms with van der Waals surface area (Å²) in [6.07, 6.45) is 5.37. The Morgan fingerprint density at radius 2 is 1.71 bits per heavy atom. The lowest BCUT2D eigenvalue weighted by molar-refractivity contribution is -0.159. The molecule has 0 aliphatic carbocycles. The largest absolute Gasteiger partial charge is 0.466 e. The van der Waals surface area contributed by atoms with E-state index < -0.39 is 5.41 Å².